The fourth-order valence-corrected chi connectivity index (χ4v) is 2.00. The molecular formula is C12H23N3O3. The molecule has 6 nitrogen and oxygen atoms in total. The molecule has 0 aromatic heterocycles. The molecule has 6 heteroatoms. The Hall–Kier alpha value is -1.46. The normalized spacial score (nSPS) is 16.6. The van der Waals surface area contributed by atoms with Crippen LogP contribution in [0.15, 0.2) is 0 Å². The number of methoxy groups -OCH3 is 1. The molecule has 18 heavy (non-hydrogen) atoms. The van der Waals surface area contributed by atoms with E-state index in [0.29, 0.717) is 25.6 Å². The lowest BCUT2D eigenvalue weighted by molar-refractivity contribution is 0.106. The van der Waals surface area contributed by atoms with Crippen LogP contribution in [0.2, 0.25) is 0 Å². The van der Waals surface area contributed by atoms with Crippen LogP contribution in [-0.2, 0) is 4.74 Å². The van der Waals surface area contributed by atoms with Crippen LogP contribution in [-0.4, -0.2) is 49.8 Å². The quantitative estimate of drug-likeness (QED) is 0.797. The SMILES string of the molecule is COC(=O)N1CCC(CNC(=O)NC(C)C)CC1. The van der Waals surface area contributed by atoms with E-state index in [0.717, 1.165) is 12.8 Å². The second-order valence-corrected chi connectivity index (χ2v) is 4.91. The zero-order valence-electron chi connectivity index (χ0n) is 11.4. The molecule has 104 valence electrons. The topological polar surface area (TPSA) is 70.7 Å². The van der Waals surface area contributed by atoms with Gasteiger partial charge in [0.25, 0.3) is 0 Å². The molecule has 1 aliphatic heterocycles. The molecule has 1 saturated heterocycles. The van der Waals surface area contributed by atoms with Gasteiger partial charge in [-0.2, -0.15) is 0 Å². The Bertz CT molecular complexity index is 286. The predicted octanol–water partition coefficient (Wildman–Crippen LogP) is 1.17. The van der Waals surface area contributed by atoms with Crippen LogP contribution in [0, 0.1) is 5.92 Å². The maximum Gasteiger partial charge on any atom is 0.409 e. The van der Waals surface area contributed by atoms with Crippen LogP contribution in [0.4, 0.5) is 9.59 Å². The number of hydrogen-bond acceptors (Lipinski definition) is 3. The number of amides is 3. The summed E-state index contributed by atoms with van der Waals surface area (Å²) >= 11 is 0. The molecule has 0 unspecified atom stereocenters. The Labute approximate surface area is 108 Å². The highest BCUT2D eigenvalue weighted by molar-refractivity contribution is 5.74. The van der Waals surface area contributed by atoms with Crippen LogP contribution in [0.25, 0.3) is 0 Å². The third-order valence-electron chi connectivity index (χ3n) is 3.02. The summed E-state index contributed by atoms with van der Waals surface area (Å²) in [5, 5.41) is 5.64. The van der Waals surface area contributed by atoms with Gasteiger partial charge in [0.15, 0.2) is 0 Å². The Morgan fingerprint density at radius 3 is 2.44 bits per heavy atom. The van der Waals surface area contributed by atoms with E-state index in [2.05, 4.69) is 15.4 Å². The molecule has 0 aromatic carbocycles. The van der Waals surface area contributed by atoms with Crippen molar-refractivity contribution in [3.05, 3.63) is 0 Å². The van der Waals surface area contributed by atoms with Gasteiger partial charge in [-0.1, -0.05) is 0 Å². The minimum absolute atomic E-state index is 0.125. The molecule has 0 saturated carbocycles. The number of ether oxygens (including phenoxy) is 1. The van der Waals surface area contributed by atoms with Gasteiger partial charge in [0.05, 0.1) is 7.11 Å². The van der Waals surface area contributed by atoms with E-state index >= 15 is 0 Å². The number of nitrogens with one attached hydrogen (secondary N) is 2. The number of hydrogen-bond donors (Lipinski definition) is 2. The first kappa shape index (κ1) is 14.6. The average Bonchev–Trinajstić information content (AvgIpc) is 2.35. The molecule has 1 rings (SSSR count). The lowest BCUT2D eigenvalue weighted by atomic mass is 9.97. The number of carbonyl (C=O) groups is 2. The number of nitrogens with zero attached hydrogens (tertiary/aromatic N) is 1. The largest absolute Gasteiger partial charge is 0.453 e. The molecule has 1 aliphatic rings. The second-order valence-electron chi connectivity index (χ2n) is 4.91. The first-order valence-electron chi connectivity index (χ1n) is 6.40. The van der Waals surface area contributed by atoms with Crippen molar-refractivity contribution in [2.45, 2.75) is 32.7 Å². The van der Waals surface area contributed by atoms with Crippen LogP contribution >= 0.6 is 0 Å². The zero-order chi connectivity index (χ0) is 13.5. The van der Waals surface area contributed by atoms with Gasteiger partial charge in [0.1, 0.15) is 0 Å². The van der Waals surface area contributed by atoms with Crippen molar-refractivity contribution in [3.8, 4) is 0 Å². The van der Waals surface area contributed by atoms with E-state index < -0.39 is 0 Å². The molecule has 0 radical (unpaired) electrons. The molecule has 0 aliphatic carbocycles. The molecular weight excluding hydrogens is 234 g/mol. The summed E-state index contributed by atoms with van der Waals surface area (Å²) in [4.78, 5) is 24.4. The van der Waals surface area contributed by atoms with Gasteiger partial charge in [0.2, 0.25) is 0 Å². The van der Waals surface area contributed by atoms with E-state index in [1.54, 1.807) is 4.90 Å². The summed E-state index contributed by atoms with van der Waals surface area (Å²) in [6.45, 7) is 5.91. The first-order valence-corrected chi connectivity index (χ1v) is 6.40. The molecule has 2 N–H and O–H groups in total. The Morgan fingerprint density at radius 1 is 1.33 bits per heavy atom. The monoisotopic (exact) mass is 257 g/mol. The van der Waals surface area contributed by atoms with Gasteiger partial charge in [-0.05, 0) is 32.6 Å². The maximum atomic E-state index is 11.4. The minimum atomic E-state index is -0.265. The second kappa shape index (κ2) is 7.08. The smallest absolute Gasteiger partial charge is 0.409 e. The van der Waals surface area contributed by atoms with Crippen LogP contribution in [0.1, 0.15) is 26.7 Å². The van der Waals surface area contributed by atoms with E-state index in [-0.39, 0.29) is 18.2 Å². The van der Waals surface area contributed by atoms with Gasteiger partial charge in [0, 0.05) is 25.7 Å². The van der Waals surface area contributed by atoms with Crippen LogP contribution in [0.3, 0.4) is 0 Å². The van der Waals surface area contributed by atoms with Gasteiger partial charge in [-0.15, -0.1) is 0 Å². The fraction of sp³-hybridized carbons (Fsp3) is 0.833. The van der Waals surface area contributed by atoms with Gasteiger partial charge in [-0.3, -0.25) is 0 Å². The average molecular weight is 257 g/mol. The van der Waals surface area contributed by atoms with E-state index in [4.69, 9.17) is 0 Å². The van der Waals surface area contributed by atoms with Crippen molar-refractivity contribution in [2.75, 3.05) is 26.7 Å². The summed E-state index contributed by atoms with van der Waals surface area (Å²) in [7, 11) is 1.40. The third kappa shape index (κ3) is 4.81. The van der Waals surface area contributed by atoms with E-state index in [1.165, 1.54) is 7.11 Å². The highest BCUT2D eigenvalue weighted by atomic mass is 16.5. The lowest BCUT2D eigenvalue weighted by Crippen LogP contribution is -2.44. The van der Waals surface area contributed by atoms with E-state index in [9.17, 15) is 9.59 Å². The van der Waals surface area contributed by atoms with Crippen molar-refractivity contribution in [2.24, 2.45) is 5.92 Å². The number of rotatable bonds is 3. The first-order chi connectivity index (χ1) is 8.52. The molecule has 1 heterocycles. The van der Waals surface area contributed by atoms with Gasteiger partial charge < -0.3 is 20.3 Å². The summed E-state index contributed by atoms with van der Waals surface area (Å²) in [6, 6.07) is 0.0200. The minimum Gasteiger partial charge on any atom is -0.453 e. The Morgan fingerprint density at radius 2 is 1.94 bits per heavy atom. The van der Waals surface area contributed by atoms with Crippen molar-refractivity contribution in [1.29, 1.82) is 0 Å². The highest BCUT2D eigenvalue weighted by Crippen LogP contribution is 2.16. The zero-order valence-corrected chi connectivity index (χ0v) is 11.4. The number of piperidine rings is 1. The van der Waals surface area contributed by atoms with Crippen molar-refractivity contribution in [1.82, 2.24) is 15.5 Å². The molecule has 3 amide bonds. The standard InChI is InChI=1S/C12H23N3O3/c1-9(2)14-11(16)13-8-10-4-6-15(7-5-10)12(17)18-3/h9-10H,4-8H2,1-3H3,(H2,13,14,16). The van der Waals surface area contributed by atoms with Crippen LogP contribution < -0.4 is 10.6 Å². The molecule has 1 fully saturated rings. The lowest BCUT2D eigenvalue weighted by Gasteiger charge is -2.31. The van der Waals surface area contributed by atoms with Gasteiger partial charge in [-0.25, -0.2) is 9.59 Å². The van der Waals surface area contributed by atoms with Crippen LogP contribution in [0.5, 0.6) is 0 Å². The summed E-state index contributed by atoms with van der Waals surface area (Å²) in [5.41, 5.74) is 0. The molecule has 0 atom stereocenters. The Balaban J connectivity index is 2.19. The molecule has 0 aromatic rings. The number of carbonyl (C=O) groups excluding carboxylic acids is 2. The summed E-state index contributed by atoms with van der Waals surface area (Å²) < 4.78 is 4.67. The number of urea groups is 1. The third-order valence-corrected chi connectivity index (χ3v) is 3.02. The maximum absolute atomic E-state index is 11.4. The van der Waals surface area contributed by atoms with Crippen molar-refractivity contribution >= 4 is 12.1 Å². The highest BCUT2D eigenvalue weighted by Gasteiger charge is 2.23. The molecule has 0 bridgehead atoms. The molecule has 0 spiro atoms. The summed E-state index contributed by atoms with van der Waals surface area (Å²) in [6.07, 6.45) is 1.53. The van der Waals surface area contributed by atoms with Gasteiger partial charge >= 0.3 is 12.1 Å². The van der Waals surface area contributed by atoms with Crippen molar-refractivity contribution in [3.63, 3.8) is 0 Å². The summed E-state index contributed by atoms with van der Waals surface area (Å²) in [5.74, 6) is 0.434. The predicted molar refractivity (Wildman–Crippen MR) is 68.4 cm³/mol. The fourth-order valence-electron chi connectivity index (χ4n) is 2.00. The number of likely N-dealkylation sites (tertiary alicyclic amines) is 1. The Kier molecular flexibility index (Phi) is 5.74. The van der Waals surface area contributed by atoms with E-state index in [1.807, 2.05) is 13.8 Å². The van der Waals surface area contributed by atoms with Crippen molar-refractivity contribution < 1.29 is 14.3 Å².